The molecule has 0 spiro atoms. The summed E-state index contributed by atoms with van der Waals surface area (Å²) in [6.07, 6.45) is 1.81. The Kier molecular flexibility index (Phi) is 2.32. The largest absolute Gasteiger partial charge is 0.375 e. The second kappa shape index (κ2) is 3.65. The SMILES string of the molecule is CN1C(=O)C(O)(C2CCCC2=O)c2ccccc21. The number of rotatable bonds is 1. The first-order chi connectivity index (χ1) is 8.56. The maximum atomic E-state index is 12.3. The van der Waals surface area contributed by atoms with E-state index in [0.29, 0.717) is 24.1 Å². The van der Waals surface area contributed by atoms with E-state index < -0.39 is 11.5 Å². The van der Waals surface area contributed by atoms with E-state index in [1.807, 2.05) is 6.07 Å². The van der Waals surface area contributed by atoms with Crippen LogP contribution in [0.5, 0.6) is 0 Å². The van der Waals surface area contributed by atoms with Crippen LogP contribution in [0.1, 0.15) is 24.8 Å². The number of carbonyl (C=O) groups is 2. The highest BCUT2D eigenvalue weighted by molar-refractivity contribution is 6.09. The number of fused-ring (bicyclic) bond motifs is 1. The number of likely N-dealkylation sites (N-methyl/N-ethyl adjacent to an activating group) is 1. The molecule has 2 unspecified atom stereocenters. The predicted octanol–water partition coefficient (Wildman–Crippen LogP) is 1.22. The Morgan fingerprint density at radius 1 is 1.33 bits per heavy atom. The lowest BCUT2D eigenvalue weighted by molar-refractivity contribution is -0.148. The van der Waals surface area contributed by atoms with E-state index in [4.69, 9.17) is 0 Å². The molecule has 1 N–H and O–H groups in total. The molecule has 0 bridgehead atoms. The molecule has 1 saturated carbocycles. The van der Waals surface area contributed by atoms with Crippen molar-refractivity contribution in [1.29, 1.82) is 0 Å². The average Bonchev–Trinajstić information content (AvgIpc) is 2.89. The number of anilines is 1. The fourth-order valence-electron chi connectivity index (χ4n) is 3.16. The van der Waals surface area contributed by atoms with E-state index in [1.165, 1.54) is 4.90 Å². The van der Waals surface area contributed by atoms with Crippen molar-refractivity contribution in [1.82, 2.24) is 0 Å². The van der Waals surface area contributed by atoms with Crippen LogP contribution in [0.15, 0.2) is 24.3 Å². The molecule has 1 heterocycles. The molecule has 4 nitrogen and oxygen atoms in total. The van der Waals surface area contributed by atoms with Crippen LogP contribution in [0.25, 0.3) is 0 Å². The first-order valence-corrected chi connectivity index (χ1v) is 6.19. The van der Waals surface area contributed by atoms with Gasteiger partial charge in [-0.2, -0.15) is 0 Å². The summed E-state index contributed by atoms with van der Waals surface area (Å²) in [7, 11) is 1.64. The van der Waals surface area contributed by atoms with Gasteiger partial charge in [-0.05, 0) is 18.9 Å². The van der Waals surface area contributed by atoms with E-state index in [9.17, 15) is 14.7 Å². The van der Waals surface area contributed by atoms with Crippen molar-refractivity contribution in [2.45, 2.75) is 24.9 Å². The molecule has 94 valence electrons. The lowest BCUT2D eigenvalue weighted by atomic mass is 9.80. The van der Waals surface area contributed by atoms with Crippen molar-refractivity contribution < 1.29 is 14.7 Å². The fraction of sp³-hybridized carbons (Fsp3) is 0.429. The van der Waals surface area contributed by atoms with Crippen LogP contribution in [-0.4, -0.2) is 23.8 Å². The fourth-order valence-corrected chi connectivity index (χ4v) is 3.16. The van der Waals surface area contributed by atoms with E-state index in [0.717, 1.165) is 6.42 Å². The van der Waals surface area contributed by atoms with Crippen molar-refractivity contribution in [2.24, 2.45) is 5.92 Å². The summed E-state index contributed by atoms with van der Waals surface area (Å²) in [6.45, 7) is 0. The molecule has 1 amide bonds. The Morgan fingerprint density at radius 2 is 2.06 bits per heavy atom. The Bertz CT molecular complexity index is 540. The third-order valence-corrected chi connectivity index (χ3v) is 4.12. The van der Waals surface area contributed by atoms with Crippen molar-refractivity contribution in [2.75, 3.05) is 11.9 Å². The highest BCUT2D eigenvalue weighted by Gasteiger charge is 2.56. The Morgan fingerprint density at radius 3 is 2.72 bits per heavy atom. The number of amides is 1. The normalized spacial score (nSPS) is 31.0. The van der Waals surface area contributed by atoms with Crippen LogP contribution >= 0.6 is 0 Å². The smallest absolute Gasteiger partial charge is 0.264 e. The summed E-state index contributed by atoms with van der Waals surface area (Å²) in [6, 6.07) is 7.15. The highest BCUT2D eigenvalue weighted by Crippen LogP contribution is 2.47. The minimum atomic E-state index is -1.65. The zero-order chi connectivity index (χ0) is 12.9. The summed E-state index contributed by atoms with van der Waals surface area (Å²) >= 11 is 0. The minimum absolute atomic E-state index is 0.00375. The quantitative estimate of drug-likeness (QED) is 0.809. The molecule has 0 radical (unpaired) electrons. The van der Waals surface area contributed by atoms with Gasteiger partial charge in [0.25, 0.3) is 5.91 Å². The monoisotopic (exact) mass is 245 g/mol. The van der Waals surface area contributed by atoms with Gasteiger partial charge in [0.15, 0.2) is 5.60 Å². The van der Waals surface area contributed by atoms with Crippen LogP contribution in [0.3, 0.4) is 0 Å². The molecule has 3 rings (SSSR count). The van der Waals surface area contributed by atoms with Gasteiger partial charge in [-0.25, -0.2) is 0 Å². The Hall–Kier alpha value is -1.68. The summed E-state index contributed by atoms with van der Waals surface area (Å²) in [5.74, 6) is -0.976. The first kappa shape index (κ1) is 11.4. The van der Waals surface area contributed by atoms with Crippen molar-refractivity contribution in [3.63, 3.8) is 0 Å². The standard InChI is InChI=1S/C14H15NO3/c1-15-11-7-3-2-5-9(11)14(18,13(15)17)10-6-4-8-12(10)16/h2-3,5,7,10,18H,4,6,8H2,1H3. The van der Waals surface area contributed by atoms with Crippen LogP contribution in [0, 0.1) is 5.92 Å². The molecule has 18 heavy (non-hydrogen) atoms. The topological polar surface area (TPSA) is 57.6 Å². The lowest BCUT2D eigenvalue weighted by Crippen LogP contribution is -2.46. The van der Waals surface area contributed by atoms with Gasteiger partial charge in [0.05, 0.1) is 11.6 Å². The number of Topliss-reactive ketones (excluding diaryl/α,β-unsaturated/α-hetero) is 1. The zero-order valence-electron chi connectivity index (χ0n) is 10.2. The molecule has 0 saturated heterocycles. The number of hydrogen-bond acceptors (Lipinski definition) is 3. The van der Waals surface area contributed by atoms with Crippen molar-refractivity contribution in [3.05, 3.63) is 29.8 Å². The average molecular weight is 245 g/mol. The van der Waals surface area contributed by atoms with Gasteiger partial charge >= 0.3 is 0 Å². The molecule has 1 aliphatic carbocycles. The summed E-state index contributed by atoms with van der Waals surface area (Å²) in [5.41, 5.74) is -0.388. The van der Waals surface area contributed by atoms with Crippen LogP contribution < -0.4 is 4.90 Å². The molecule has 2 atom stereocenters. The van der Waals surface area contributed by atoms with Gasteiger partial charge in [-0.3, -0.25) is 9.59 Å². The molecule has 0 aromatic heterocycles. The van der Waals surface area contributed by atoms with Gasteiger partial charge in [0, 0.05) is 19.0 Å². The van der Waals surface area contributed by atoms with Crippen molar-refractivity contribution in [3.8, 4) is 0 Å². The first-order valence-electron chi connectivity index (χ1n) is 6.19. The molecule has 1 aromatic rings. The second-order valence-corrected chi connectivity index (χ2v) is 5.06. The van der Waals surface area contributed by atoms with E-state index in [1.54, 1.807) is 25.2 Å². The number of ketones is 1. The number of hydrogen-bond donors (Lipinski definition) is 1. The Balaban J connectivity index is 2.17. The van der Waals surface area contributed by atoms with Crippen LogP contribution in [0.4, 0.5) is 5.69 Å². The molecule has 1 aromatic carbocycles. The van der Waals surface area contributed by atoms with Crippen molar-refractivity contribution >= 4 is 17.4 Å². The minimum Gasteiger partial charge on any atom is -0.375 e. The molecular weight excluding hydrogens is 230 g/mol. The maximum Gasteiger partial charge on any atom is 0.264 e. The number of benzene rings is 1. The molecule has 1 fully saturated rings. The summed E-state index contributed by atoms with van der Waals surface area (Å²) < 4.78 is 0. The number of nitrogens with zero attached hydrogens (tertiary/aromatic N) is 1. The van der Waals surface area contributed by atoms with Crippen LogP contribution in [0.2, 0.25) is 0 Å². The lowest BCUT2D eigenvalue weighted by Gasteiger charge is -2.27. The molecular formula is C14H15NO3. The third kappa shape index (κ3) is 1.24. The second-order valence-electron chi connectivity index (χ2n) is 5.06. The van der Waals surface area contributed by atoms with E-state index in [-0.39, 0.29) is 11.7 Å². The highest BCUT2D eigenvalue weighted by atomic mass is 16.3. The molecule has 4 heteroatoms. The van der Waals surface area contributed by atoms with Gasteiger partial charge in [0.1, 0.15) is 5.78 Å². The van der Waals surface area contributed by atoms with Crippen LogP contribution in [-0.2, 0) is 15.2 Å². The Labute approximate surface area is 105 Å². The maximum absolute atomic E-state index is 12.3. The predicted molar refractivity (Wildman–Crippen MR) is 66.1 cm³/mol. The molecule has 1 aliphatic heterocycles. The van der Waals surface area contributed by atoms with E-state index >= 15 is 0 Å². The van der Waals surface area contributed by atoms with Gasteiger partial charge in [-0.15, -0.1) is 0 Å². The molecule has 2 aliphatic rings. The number of para-hydroxylation sites is 1. The van der Waals surface area contributed by atoms with Gasteiger partial charge in [0.2, 0.25) is 0 Å². The van der Waals surface area contributed by atoms with E-state index in [2.05, 4.69) is 0 Å². The third-order valence-electron chi connectivity index (χ3n) is 4.12. The van der Waals surface area contributed by atoms with Gasteiger partial charge < -0.3 is 10.0 Å². The number of aliphatic hydroxyl groups is 1. The van der Waals surface area contributed by atoms with Gasteiger partial charge in [-0.1, -0.05) is 18.2 Å². The summed E-state index contributed by atoms with van der Waals surface area (Å²) in [5, 5.41) is 10.8. The zero-order valence-corrected chi connectivity index (χ0v) is 10.2. The number of carbonyl (C=O) groups excluding carboxylic acids is 2. The summed E-state index contributed by atoms with van der Waals surface area (Å²) in [4.78, 5) is 25.7.